The van der Waals surface area contributed by atoms with Crippen molar-refractivity contribution >= 4 is 27.3 Å². The van der Waals surface area contributed by atoms with Crippen molar-refractivity contribution < 1.29 is 17.9 Å². The van der Waals surface area contributed by atoms with Gasteiger partial charge in [0.05, 0.1) is 24.9 Å². The van der Waals surface area contributed by atoms with Crippen molar-refractivity contribution in [2.45, 2.75) is 19.8 Å². The second-order valence-corrected chi connectivity index (χ2v) is 8.99. The minimum atomic E-state index is -3.24. The van der Waals surface area contributed by atoms with E-state index in [0.29, 0.717) is 19.4 Å². The molecule has 0 spiro atoms. The molecule has 26 heavy (non-hydrogen) atoms. The molecule has 0 bridgehead atoms. The van der Waals surface area contributed by atoms with E-state index in [-0.39, 0.29) is 24.1 Å². The average Bonchev–Trinajstić information content (AvgIpc) is 2.69. The van der Waals surface area contributed by atoms with Crippen LogP contribution >= 0.6 is 0 Å². The first kappa shape index (κ1) is 19.1. The molecule has 1 aromatic rings. The summed E-state index contributed by atoms with van der Waals surface area (Å²) < 4.78 is 30.9. The summed E-state index contributed by atoms with van der Waals surface area (Å²) in [7, 11) is -3.24. The summed E-state index contributed by atoms with van der Waals surface area (Å²) in [6, 6.07) is 7.78. The van der Waals surface area contributed by atoms with Crippen molar-refractivity contribution in [3.05, 3.63) is 24.3 Å². The van der Waals surface area contributed by atoms with Gasteiger partial charge < -0.3 is 15.0 Å². The van der Waals surface area contributed by atoms with Gasteiger partial charge in [0.1, 0.15) is 0 Å². The van der Waals surface area contributed by atoms with Crippen LogP contribution < -0.4 is 10.2 Å². The van der Waals surface area contributed by atoms with Crippen LogP contribution in [0, 0.1) is 5.92 Å². The van der Waals surface area contributed by atoms with E-state index in [1.54, 1.807) is 6.92 Å². The van der Waals surface area contributed by atoms with Crippen molar-refractivity contribution in [3.63, 3.8) is 0 Å². The molecule has 0 saturated carbocycles. The fraction of sp³-hybridized carbons (Fsp3) is 0.611. The molecule has 3 rings (SSSR count). The lowest BCUT2D eigenvalue weighted by Gasteiger charge is -2.31. The van der Waals surface area contributed by atoms with Crippen molar-refractivity contribution in [1.82, 2.24) is 4.31 Å². The van der Waals surface area contributed by atoms with Crippen LogP contribution in [-0.2, 0) is 19.6 Å². The molecule has 2 heterocycles. The smallest absolute Gasteiger partial charge is 0.228 e. The second kappa shape index (κ2) is 8.37. The molecule has 1 aromatic carbocycles. The first-order valence-corrected chi connectivity index (χ1v) is 10.8. The number of nitrogens with zero attached hydrogens (tertiary/aromatic N) is 2. The van der Waals surface area contributed by atoms with E-state index >= 15 is 0 Å². The van der Waals surface area contributed by atoms with Crippen LogP contribution in [0.4, 0.5) is 11.4 Å². The van der Waals surface area contributed by atoms with E-state index in [0.717, 1.165) is 37.7 Å². The lowest BCUT2D eigenvalue weighted by atomic mass is 9.98. The number of piperidine rings is 1. The molecular weight excluding hydrogens is 354 g/mol. The highest BCUT2D eigenvalue weighted by atomic mass is 32.2. The number of ether oxygens (including phenoxy) is 1. The number of carbonyl (C=O) groups is 1. The largest absolute Gasteiger partial charge is 0.378 e. The summed E-state index contributed by atoms with van der Waals surface area (Å²) >= 11 is 0. The zero-order chi connectivity index (χ0) is 18.6. The summed E-state index contributed by atoms with van der Waals surface area (Å²) in [6.07, 6.45) is 1.43. The van der Waals surface area contributed by atoms with Crippen LogP contribution in [0.25, 0.3) is 0 Å². The van der Waals surface area contributed by atoms with Gasteiger partial charge in [-0.2, -0.15) is 0 Å². The molecule has 2 saturated heterocycles. The quantitative estimate of drug-likeness (QED) is 0.837. The maximum atomic E-state index is 12.6. The molecule has 0 radical (unpaired) electrons. The number of rotatable bonds is 5. The molecule has 1 amide bonds. The van der Waals surface area contributed by atoms with Gasteiger partial charge in [-0.1, -0.05) is 0 Å². The van der Waals surface area contributed by atoms with E-state index in [9.17, 15) is 13.2 Å². The Morgan fingerprint density at radius 2 is 1.88 bits per heavy atom. The molecule has 0 aliphatic carbocycles. The highest BCUT2D eigenvalue weighted by molar-refractivity contribution is 7.89. The number of sulfonamides is 1. The fourth-order valence-electron chi connectivity index (χ4n) is 3.41. The Hall–Kier alpha value is -1.64. The van der Waals surface area contributed by atoms with Gasteiger partial charge in [-0.15, -0.1) is 0 Å². The Bertz CT molecular complexity index is 714. The third kappa shape index (κ3) is 4.55. The first-order chi connectivity index (χ1) is 12.5. The normalized spacial score (nSPS) is 22.2. The summed E-state index contributed by atoms with van der Waals surface area (Å²) in [4.78, 5) is 14.8. The molecule has 2 fully saturated rings. The van der Waals surface area contributed by atoms with E-state index in [4.69, 9.17) is 4.74 Å². The SMILES string of the molecule is CCS(=O)(=O)N1CCCC(C(=O)Nc2ccc(N3CCOCC3)cc2)C1. The van der Waals surface area contributed by atoms with Gasteiger partial charge in [-0.3, -0.25) is 4.79 Å². The van der Waals surface area contributed by atoms with Crippen LogP contribution in [0.5, 0.6) is 0 Å². The number of nitrogens with one attached hydrogen (secondary N) is 1. The lowest BCUT2D eigenvalue weighted by molar-refractivity contribution is -0.120. The predicted octanol–water partition coefficient (Wildman–Crippen LogP) is 1.52. The van der Waals surface area contributed by atoms with E-state index < -0.39 is 10.0 Å². The monoisotopic (exact) mass is 381 g/mol. The summed E-state index contributed by atoms with van der Waals surface area (Å²) in [5.41, 5.74) is 1.85. The second-order valence-electron chi connectivity index (χ2n) is 6.73. The number of anilines is 2. The van der Waals surface area contributed by atoms with Gasteiger partial charge in [0.2, 0.25) is 15.9 Å². The van der Waals surface area contributed by atoms with Gasteiger partial charge in [0.15, 0.2) is 0 Å². The predicted molar refractivity (Wildman–Crippen MR) is 102 cm³/mol. The topological polar surface area (TPSA) is 79.0 Å². The highest BCUT2D eigenvalue weighted by Crippen LogP contribution is 2.23. The molecule has 144 valence electrons. The minimum absolute atomic E-state index is 0.0738. The van der Waals surface area contributed by atoms with Crippen LogP contribution in [0.1, 0.15) is 19.8 Å². The van der Waals surface area contributed by atoms with E-state index in [2.05, 4.69) is 10.2 Å². The Morgan fingerprint density at radius 3 is 2.54 bits per heavy atom. The van der Waals surface area contributed by atoms with Gasteiger partial charge in [-0.05, 0) is 44.0 Å². The van der Waals surface area contributed by atoms with Gasteiger partial charge in [0, 0.05) is 37.6 Å². The van der Waals surface area contributed by atoms with Crippen LogP contribution in [0.2, 0.25) is 0 Å². The molecule has 8 heteroatoms. The zero-order valence-electron chi connectivity index (χ0n) is 15.2. The molecule has 1 unspecified atom stereocenters. The average molecular weight is 381 g/mol. The van der Waals surface area contributed by atoms with Crippen LogP contribution in [-0.4, -0.2) is 63.8 Å². The molecule has 2 aliphatic heterocycles. The van der Waals surface area contributed by atoms with Crippen LogP contribution in [0.15, 0.2) is 24.3 Å². The zero-order valence-corrected chi connectivity index (χ0v) is 16.0. The fourth-order valence-corrected chi connectivity index (χ4v) is 4.59. The summed E-state index contributed by atoms with van der Waals surface area (Å²) in [5.74, 6) is -0.339. The summed E-state index contributed by atoms with van der Waals surface area (Å²) in [6.45, 7) is 5.62. The molecule has 2 aliphatic rings. The van der Waals surface area contributed by atoms with Gasteiger partial charge in [-0.25, -0.2) is 12.7 Å². The van der Waals surface area contributed by atoms with Crippen molar-refractivity contribution in [3.8, 4) is 0 Å². The van der Waals surface area contributed by atoms with Crippen molar-refractivity contribution in [2.24, 2.45) is 5.92 Å². The summed E-state index contributed by atoms with van der Waals surface area (Å²) in [5, 5.41) is 2.93. The van der Waals surface area contributed by atoms with E-state index in [1.165, 1.54) is 4.31 Å². The van der Waals surface area contributed by atoms with Crippen molar-refractivity contribution in [2.75, 3.05) is 55.4 Å². The van der Waals surface area contributed by atoms with Crippen LogP contribution in [0.3, 0.4) is 0 Å². The Morgan fingerprint density at radius 1 is 1.19 bits per heavy atom. The molecule has 1 atom stereocenters. The molecule has 1 N–H and O–H groups in total. The minimum Gasteiger partial charge on any atom is -0.378 e. The third-order valence-corrected chi connectivity index (χ3v) is 6.87. The highest BCUT2D eigenvalue weighted by Gasteiger charge is 2.31. The number of morpholine rings is 1. The van der Waals surface area contributed by atoms with Gasteiger partial charge in [0.25, 0.3) is 0 Å². The van der Waals surface area contributed by atoms with E-state index in [1.807, 2.05) is 24.3 Å². The third-order valence-electron chi connectivity index (χ3n) is 5.02. The molecule has 7 nitrogen and oxygen atoms in total. The lowest BCUT2D eigenvalue weighted by Crippen LogP contribution is -2.44. The molecular formula is C18H27N3O4S. The molecule has 0 aromatic heterocycles. The number of hydrogen-bond acceptors (Lipinski definition) is 5. The standard InChI is InChI=1S/C18H27N3O4S/c1-2-26(23,24)21-9-3-4-15(14-21)18(22)19-16-5-7-17(8-6-16)20-10-12-25-13-11-20/h5-8,15H,2-4,9-14H2,1H3,(H,19,22). The Labute approximate surface area is 155 Å². The van der Waals surface area contributed by atoms with Crippen molar-refractivity contribution in [1.29, 1.82) is 0 Å². The number of amides is 1. The number of benzene rings is 1. The number of carbonyl (C=O) groups excluding carboxylic acids is 1. The first-order valence-electron chi connectivity index (χ1n) is 9.21. The number of hydrogen-bond donors (Lipinski definition) is 1. The Kier molecular flexibility index (Phi) is 6.16. The Balaban J connectivity index is 1.59. The van der Waals surface area contributed by atoms with Gasteiger partial charge >= 0.3 is 0 Å². The maximum Gasteiger partial charge on any atom is 0.228 e. The maximum absolute atomic E-state index is 12.6.